The molecule has 0 saturated carbocycles. The van der Waals surface area contributed by atoms with Crippen LogP contribution in [-0.4, -0.2) is 17.4 Å². The van der Waals surface area contributed by atoms with Crippen molar-refractivity contribution < 1.29 is 9.53 Å². The minimum atomic E-state index is -0.295. The van der Waals surface area contributed by atoms with Gasteiger partial charge in [-0.15, -0.1) is 11.6 Å². The van der Waals surface area contributed by atoms with Gasteiger partial charge in [0.15, 0.2) is 0 Å². The summed E-state index contributed by atoms with van der Waals surface area (Å²) in [5.74, 6) is -0.295. The van der Waals surface area contributed by atoms with E-state index in [2.05, 4.69) is 15.9 Å². The number of esters is 1. The second kappa shape index (κ2) is 6.13. The Balaban J connectivity index is 2.53. The van der Waals surface area contributed by atoms with Crippen molar-refractivity contribution in [2.45, 2.75) is 17.1 Å². The summed E-state index contributed by atoms with van der Waals surface area (Å²) in [6.07, 6.45) is 0. The lowest BCUT2D eigenvalue weighted by Crippen LogP contribution is -2.16. The normalized spacial score (nSPS) is 14.3. The number of ether oxygens (including phenoxy) is 1. The Morgan fingerprint density at radius 3 is 2.60 bits per heavy atom. The van der Waals surface area contributed by atoms with E-state index in [9.17, 15) is 4.79 Å². The predicted octanol–water partition coefficient (Wildman–Crippen LogP) is 3.29. The third-order valence-corrected chi connectivity index (χ3v) is 3.53. The van der Waals surface area contributed by atoms with Crippen LogP contribution in [0.2, 0.25) is 0 Å². The van der Waals surface area contributed by atoms with Crippen LogP contribution in [0.25, 0.3) is 0 Å². The van der Waals surface area contributed by atoms with Crippen LogP contribution in [0, 0.1) is 0 Å². The second-order valence-electron chi connectivity index (χ2n) is 3.13. The van der Waals surface area contributed by atoms with Crippen LogP contribution in [0.3, 0.4) is 0 Å². The highest BCUT2D eigenvalue weighted by molar-refractivity contribution is 9.09. The number of benzene rings is 1. The molecular formula is C11H12BrClO2. The number of halogens is 2. The molecule has 82 valence electrons. The van der Waals surface area contributed by atoms with E-state index in [1.54, 1.807) is 0 Å². The topological polar surface area (TPSA) is 26.3 Å². The molecule has 0 aliphatic rings. The van der Waals surface area contributed by atoms with Crippen LogP contribution in [0.1, 0.15) is 17.9 Å². The molecule has 0 amide bonds. The molecule has 0 bridgehead atoms. The van der Waals surface area contributed by atoms with Crippen molar-refractivity contribution >= 4 is 33.5 Å². The van der Waals surface area contributed by atoms with Crippen LogP contribution in [-0.2, 0) is 9.53 Å². The zero-order valence-electron chi connectivity index (χ0n) is 8.32. The monoisotopic (exact) mass is 290 g/mol. The Bertz CT molecular complexity index is 316. The Morgan fingerprint density at radius 2 is 2.07 bits per heavy atom. The summed E-state index contributed by atoms with van der Waals surface area (Å²) < 4.78 is 4.88. The van der Waals surface area contributed by atoms with Crippen molar-refractivity contribution in [2.24, 2.45) is 0 Å². The zero-order chi connectivity index (χ0) is 11.3. The van der Waals surface area contributed by atoms with Crippen LogP contribution in [0.15, 0.2) is 30.3 Å². The third-order valence-electron chi connectivity index (χ3n) is 1.88. The molecule has 1 aromatic rings. The SMILES string of the molecule is CC(=O)OCC(Br)C(Cl)c1ccccc1. The van der Waals surface area contributed by atoms with E-state index in [4.69, 9.17) is 16.3 Å². The van der Waals surface area contributed by atoms with Gasteiger partial charge in [0.25, 0.3) is 0 Å². The number of hydrogen-bond acceptors (Lipinski definition) is 2. The Labute approximate surface area is 103 Å². The van der Waals surface area contributed by atoms with Gasteiger partial charge < -0.3 is 4.74 Å². The summed E-state index contributed by atoms with van der Waals surface area (Å²) in [5.41, 5.74) is 1.01. The number of rotatable bonds is 4. The van der Waals surface area contributed by atoms with Crippen LogP contribution in [0.5, 0.6) is 0 Å². The molecule has 0 fully saturated rings. The van der Waals surface area contributed by atoms with Gasteiger partial charge in [0.2, 0.25) is 0 Å². The van der Waals surface area contributed by atoms with E-state index in [-0.39, 0.29) is 22.8 Å². The fourth-order valence-electron chi connectivity index (χ4n) is 1.13. The average Bonchev–Trinajstić information content (AvgIpc) is 2.26. The number of hydrogen-bond donors (Lipinski definition) is 0. The van der Waals surface area contributed by atoms with E-state index >= 15 is 0 Å². The van der Waals surface area contributed by atoms with Gasteiger partial charge in [-0.25, -0.2) is 0 Å². The molecule has 0 spiro atoms. The van der Waals surface area contributed by atoms with Crippen molar-refractivity contribution in [3.63, 3.8) is 0 Å². The fourth-order valence-corrected chi connectivity index (χ4v) is 1.78. The maximum Gasteiger partial charge on any atom is 0.302 e. The van der Waals surface area contributed by atoms with Crippen molar-refractivity contribution in [1.82, 2.24) is 0 Å². The summed E-state index contributed by atoms with van der Waals surface area (Å²) in [6, 6.07) is 9.67. The maximum absolute atomic E-state index is 10.6. The Hall–Kier alpha value is -0.540. The third kappa shape index (κ3) is 4.22. The molecule has 2 atom stereocenters. The highest BCUT2D eigenvalue weighted by Gasteiger charge is 2.18. The van der Waals surface area contributed by atoms with Crippen LogP contribution < -0.4 is 0 Å². The summed E-state index contributed by atoms with van der Waals surface area (Å²) >= 11 is 9.60. The number of alkyl halides is 2. The molecule has 1 rings (SSSR count). The zero-order valence-corrected chi connectivity index (χ0v) is 10.7. The second-order valence-corrected chi connectivity index (χ2v) is 4.78. The van der Waals surface area contributed by atoms with Crippen LogP contribution >= 0.6 is 27.5 Å². The molecule has 0 aromatic heterocycles. The molecule has 0 aliphatic carbocycles. The van der Waals surface area contributed by atoms with Gasteiger partial charge in [-0.2, -0.15) is 0 Å². The smallest absolute Gasteiger partial charge is 0.302 e. The van der Waals surface area contributed by atoms with Crippen molar-refractivity contribution in [3.05, 3.63) is 35.9 Å². The fraction of sp³-hybridized carbons (Fsp3) is 0.364. The van der Waals surface area contributed by atoms with Gasteiger partial charge in [0, 0.05) is 6.92 Å². The van der Waals surface area contributed by atoms with E-state index < -0.39 is 0 Å². The maximum atomic E-state index is 10.6. The molecule has 2 nitrogen and oxygen atoms in total. The molecule has 15 heavy (non-hydrogen) atoms. The summed E-state index contributed by atoms with van der Waals surface area (Å²) in [5, 5.41) is -0.203. The van der Waals surface area contributed by atoms with E-state index in [0.29, 0.717) is 0 Å². The van der Waals surface area contributed by atoms with Crippen molar-refractivity contribution in [1.29, 1.82) is 0 Å². The van der Waals surface area contributed by atoms with Crippen LogP contribution in [0.4, 0.5) is 0 Å². The summed E-state index contributed by atoms with van der Waals surface area (Å²) in [7, 11) is 0. The first-order valence-electron chi connectivity index (χ1n) is 4.57. The molecule has 4 heteroatoms. The lowest BCUT2D eigenvalue weighted by Gasteiger charge is -2.16. The highest BCUT2D eigenvalue weighted by Crippen LogP contribution is 2.29. The molecule has 0 heterocycles. The van der Waals surface area contributed by atoms with Crippen molar-refractivity contribution in [2.75, 3.05) is 6.61 Å². The molecule has 0 saturated heterocycles. The molecular weight excluding hydrogens is 279 g/mol. The number of carbonyl (C=O) groups excluding carboxylic acids is 1. The Morgan fingerprint density at radius 1 is 1.47 bits per heavy atom. The molecule has 2 unspecified atom stereocenters. The molecule has 0 N–H and O–H groups in total. The van der Waals surface area contributed by atoms with E-state index in [0.717, 1.165) is 5.56 Å². The van der Waals surface area contributed by atoms with Gasteiger partial charge in [-0.05, 0) is 5.56 Å². The summed E-state index contributed by atoms with van der Waals surface area (Å²) in [4.78, 5) is 10.5. The molecule has 0 aliphatic heterocycles. The first kappa shape index (κ1) is 12.5. The van der Waals surface area contributed by atoms with Gasteiger partial charge in [0.1, 0.15) is 6.61 Å². The van der Waals surface area contributed by atoms with Gasteiger partial charge >= 0.3 is 5.97 Å². The van der Waals surface area contributed by atoms with Gasteiger partial charge in [-0.3, -0.25) is 4.79 Å². The van der Waals surface area contributed by atoms with Gasteiger partial charge in [0.05, 0.1) is 10.2 Å². The van der Waals surface area contributed by atoms with E-state index in [1.165, 1.54) is 6.92 Å². The molecule has 1 aromatic carbocycles. The average molecular weight is 292 g/mol. The minimum absolute atomic E-state index is 0.0783. The largest absolute Gasteiger partial charge is 0.465 e. The Kier molecular flexibility index (Phi) is 5.12. The van der Waals surface area contributed by atoms with Gasteiger partial charge in [-0.1, -0.05) is 46.3 Å². The standard InChI is InChI=1S/C11H12BrClO2/c1-8(14)15-7-10(12)11(13)9-5-3-2-4-6-9/h2-6,10-11H,7H2,1H3. The predicted molar refractivity (Wildman–Crippen MR) is 64.4 cm³/mol. The lowest BCUT2D eigenvalue weighted by atomic mass is 10.1. The lowest BCUT2D eigenvalue weighted by molar-refractivity contribution is -0.140. The van der Waals surface area contributed by atoms with E-state index in [1.807, 2.05) is 30.3 Å². The minimum Gasteiger partial charge on any atom is -0.465 e. The molecule has 0 radical (unpaired) electrons. The first-order chi connectivity index (χ1) is 7.11. The van der Waals surface area contributed by atoms with Crippen molar-refractivity contribution in [3.8, 4) is 0 Å². The quantitative estimate of drug-likeness (QED) is 0.628. The number of carbonyl (C=O) groups is 1. The first-order valence-corrected chi connectivity index (χ1v) is 5.93. The highest BCUT2D eigenvalue weighted by atomic mass is 79.9. The summed E-state index contributed by atoms with van der Waals surface area (Å²) in [6.45, 7) is 1.66.